The van der Waals surface area contributed by atoms with E-state index in [1.54, 1.807) is 0 Å². The molecule has 3 heteroatoms. The molecule has 0 aliphatic rings. The summed E-state index contributed by atoms with van der Waals surface area (Å²) >= 11 is 0. The number of quaternary nitrogens is 1. The Morgan fingerprint density at radius 3 is 1.17 bits per heavy atom. The van der Waals surface area contributed by atoms with Crippen molar-refractivity contribution in [3.63, 3.8) is 0 Å². The minimum atomic E-state index is 0.766. The molecule has 0 spiro atoms. The highest BCUT2D eigenvalue weighted by Crippen LogP contribution is 2.38. The highest BCUT2D eigenvalue weighted by Gasteiger charge is 2.16. The lowest BCUT2D eigenvalue weighted by Gasteiger charge is -2.23. The van der Waals surface area contributed by atoms with Crippen LogP contribution < -0.4 is 9.47 Å². The Labute approximate surface area is 292 Å². The molecule has 0 aliphatic heterocycles. The highest BCUT2D eigenvalue weighted by atomic mass is 16.5. The molecule has 4 rings (SSSR count). The Balaban J connectivity index is 1.46. The van der Waals surface area contributed by atoms with E-state index in [2.05, 4.69) is 137 Å². The predicted octanol–water partition coefficient (Wildman–Crippen LogP) is 11.9. The molecule has 4 aromatic carbocycles. The molecule has 0 fully saturated rings. The first kappa shape index (κ1) is 37.0. The van der Waals surface area contributed by atoms with Gasteiger partial charge in [-0.15, -0.1) is 0 Å². The van der Waals surface area contributed by atoms with Gasteiger partial charge in [0, 0.05) is 0 Å². The van der Waals surface area contributed by atoms with Crippen LogP contribution in [0.5, 0.6) is 11.5 Å². The second-order valence-electron chi connectivity index (χ2n) is 14.1. The van der Waals surface area contributed by atoms with Crippen LogP contribution in [0.3, 0.4) is 0 Å². The summed E-state index contributed by atoms with van der Waals surface area (Å²) in [5.41, 5.74) is 7.14. The topological polar surface area (TPSA) is 18.5 Å². The van der Waals surface area contributed by atoms with Gasteiger partial charge in [0.25, 0.3) is 0 Å². The summed E-state index contributed by atoms with van der Waals surface area (Å²) < 4.78 is 13.4. The first-order valence-electron chi connectivity index (χ1n) is 18.6. The first-order valence-corrected chi connectivity index (χ1v) is 18.6. The average molecular weight is 647 g/mol. The highest BCUT2D eigenvalue weighted by molar-refractivity contribution is 6.04. The fourth-order valence-corrected chi connectivity index (χ4v) is 6.21. The van der Waals surface area contributed by atoms with Gasteiger partial charge in [0.15, 0.2) is 0 Å². The molecule has 48 heavy (non-hydrogen) atoms. The summed E-state index contributed by atoms with van der Waals surface area (Å²) in [6.07, 6.45) is 15.2. The van der Waals surface area contributed by atoms with Crippen LogP contribution >= 0.6 is 0 Å². The maximum Gasteiger partial charge on any atom is 0.119 e. The van der Waals surface area contributed by atoms with Crippen LogP contribution in [0.1, 0.15) is 106 Å². The van der Waals surface area contributed by atoms with Crippen LogP contribution in [-0.4, -0.2) is 45.4 Å². The molecule has 0 heterocycles. The van der Waals surface area contributed by atoms with Crippen molar-refractivity contribution in [1.82, 2.24) is 0 Å². The van der Waals surface area contributed by atoms with Crippen molar-refractivity contribution in [2.45, 2.75) is 84.0 Å². The lowest BCUT2D eigenvalue weighted by molar-refractivity contribution is -0.870. The largest absolute Gasteiger partial charge is 0.494 e. The maximum atomic E-state index is 6.19. The second-order valence-corrected chi connectivity index (χ2v) is 14.1. The summed E-state index contributed by atoms with van der Waals surface area (Å²) in [6.45, 7) is 5.06. The molecule has 0 saturated heterocycles. The fourth-order valence-electron chi connectivity index (χ4n) is 6.21. The summed E-state index contributed by atoms with van der Waals surface area (Å²) in [4.78, 5) is 0. The molecule has 0 aromatic heterocycles. The molecule has 0 saturated carbocycles. The number of ether oxygens (including phenoxy) is 2. The molecule has 0 aliphatic carbocycles. The minimum Gasteiger partial charge on any atom is -0.494 e. The van der Waals surface area contributed by atoms with Gasteiger partial charge in [-0.3, -0.25) is 0 Å². The molecule has 4 aromatic rings. The zero-order valence-corrected chi connectivity index (χ0v) is 30.3. The van der Waals surface area contributed by atoms with Crippen molar-refractivity contribution in [3.05, 3.63) is 131 Å². The quantitative estimate of drug-likeness (QED) is 0.0480. The normalized spacial score (nSPS) is 12.1. The van der Waals surface area contributed by atoms with Crippen molar-refractivity contribution in [3.8, 4) is 11.5 Å². The van der Waals surface area contributed by atoms with E-state index in [9.17, 15) is 0 Å². The van der Waals surface area contributed by atoms with Crippen LogP contribution in [0.2, 0.25) is 0 Å². The van der Waals surface area contributed by atoms with Gasteiger partial charge < -0.3 is 14.0 Å². The van der Waals surface area contributed by atoms with Gasteiger partial charge in [-0.2, -0.15) is 0 Å². The van der Waals surface area contributed by atoms with E-state index >= 15 is 0 Å². The molecule has 256 valence electrons. The smallest absolute Gasteiger partial charge is 0.119 e. The van der Waals surface area contributed by atoms with E-state index in [-0.39, 0.29) is 0 Å². The number of nitrogens with zero attached hydrogens (tertiary/aromatic N) is 1. The Morgan fingerprint density at radius 1 is 0.417 bits per heavy atom. The van der Waals surface area contributed by atoms with Crippen molar-refractivity contribution in [2.75, 3.05) is 40.9 Å². The van der Waals surface area contributed by atoms with Crippen LogP contribution in [0.15, 0.2) is 109 Å². The van der Waals surface area contributed by atoms with Gasteiger partial charge in [0.05, 0.1) is 40.9 Å². The molecule has 0 unspecified atom stereocenters. The molecular weight excluding hydrogens is 587 g/mol. The van der Waals surface area contributed by atoms with E-state index in [1.165, 1.54) is 104 Å². The third kappa shape index (κ3) is 13.0. The third-order valence-electron chi connectivity index (χ3n) is 8.92. The van der Waals surface area contributed by atoms with Crippen molar-refractivity contribution in [2.24, 2.45) is 0 Å². The van der Waals surface area contributed by atoms with Crippen LogP contribution in [0.25, 0.3) is 11.1 Å². The Bertz CT molecular complexity index is 1450. The third-order valence-corrected chi connectivity index (χ3v) is 8.92. The molecule has 0 atom stereocenters. The van der Waals surface area contributed by atoms with Crippen LogP contribution in [0.4, 0.5) is 0 Å². The summed E-state index contributed by atoms with van der Waals surface area (Å²) in [5.74, 6) is 1.87. The Kier molecular flexibility index (Phi) is 15.8. The Morgan fingerprint density at radius 2 is 0.771 bits per heavy atom. The van der Waals surface area contributed by atoms with Crippen molar-refractivity contribution < 1.29 is 14.0 Å². The van der Waals surface area contributed by atoms with Gasteiger partial charge in [0.2, 0.25) is 0 Å². The van der Waals surface area contributed by atoms with E-state index in [0.29, 0.717) is 0 Å². The molecule has 0 amide bonds. The SMILES string of the molecule is CCCCCCCCOc1ccc(C(=C(c2ccccc2)c2ccc(OCCCCCCCC[N+](C)(C)C)cc2)c2ccccc2)cc1. The number of benzene rings is 4. The van der Waals surface area contributed by atoms with Crippen molar-refractivity contribution in [1.29, 1.82) is 0 Å². The van der Waals surface area contributed by atoms with Crippen LogP contribution in [-0.2, 0) is 0 Å². The standard InChI is InChI=1S/C45H60NO2/c1-5-6-7-8-12-21-36-47-42-31-27-40(28-32-42)44(38-23-16-14-17-24-38)45(39-25-18-15-19-26-39)41-29-33-43(34-30-41)48-37-22-13-10-9-11-20-35-46(2,3)4/h14-19,23-34H,5-13,20-22,35-37H2,1-4H3/q+1. The summed E-state index contributed by atoms with van der Waals surface area (Å²) in [5, 5.41) is 0. The number of hydrogen-bond acceptors (Lipinski definition) is 2. The lowest BCUT2D eigenvalue weighted by Crippen LogP contribution is -2.35. The van der Waals surface area contributed by atoms with Gasteiger partial charge in [-0.25, -0.2) is 0 Å². The van der Waals surface area contributed by atoms with Crippen molar-refractivity contribution >= 4 is 11.1 Å². The van der Waals surface area contributed by atoms with Gasteiger partial charge in [-0.1, -0.05) is 143 Å². The molecular formula is C45H60NO2+. The molecule has 0 N–H and O–H groups in total. The predicted molar refractivity (Wildman–Crippen MR) is 206 cm³/mol. The monoisotopic (exact) mass is 646 g/mol. The van der Waals surface area contributed by atoms with Gasteiger partial charge in [0.1, 0.15) is 11.5 Å². The Hall–Kier alpha value is -3.82. The van der Waals surface area contributed by atoms with Gasteiger partial charge >= 0.3 is 0 Å². The zero-order chi connectivity index (χ0) is 33.9. The fraction of sp³-hybridized carbons (Fsp3) is 0.422. The van der Waals surface area contributed by atoms with E-state index in [0.717, 1.165) is 42.0 Å². The average Bonchev–Trinajstić information content (AvgIpc) is 3.10. The maximum absolute atomic E-state index is 6.19. The zero-order valence-electron chi connectivity index (χ0n) is 30.3. The first-order chi connectivity index (χ1) is 23.4. The summed E-state index contributed by atoms with van der Waals surface area (Å²) in [7, 11) is 6.82. The molecule has 0 bridgehead atoms. The van der Waals surface area contributed by atoms with E-state index in [1.807, 2.05) is 0 Å². The number of rotatable bonds is 22. The lowest BCUT2D eigenvalue weighted by atomic mass is 9.86. The van der Waals surface area contributed by atoms with E-state index < -0.39 is 0 Å². The number of hydrogen-bond donors (Lipinski definition) is 0. The van der Waals surface area contributed by atoms with Crippen LogP contribution in [0, 0.1) is 0 Å². The summed E-state index contributed by atoms with van der Waals surface area (Å²) in [6, 6.07) is 38.9. The minimum absolute atomic E-state index is 0.766. The molecule has 0 radical (unpaired) electrons. The second kappa shape index (κ2) is 20.5. The van der Waals surface area contributed by atoms with E-state index in [4.69, 9.17) is 9.47 Å². The molecule has 3 nitrogen and oxygen atoms in total. The van der Waals surface area contributed by atoms with Gasteiger partial charge in [-0.05, 0) is 83.3 Å². The number of unbranched alkanes of at least 4 members (excludes halogenated alkanes) is 10.